The summed E-state index contributed by atoms with van der Waals surface area (Å²) in [7, 11) is 3.45. The van der Waals surface area contributed by atoms with Gasteiger partial charge < -0.3 is 26.4 Å². The van der Waals surface area contributed by atoms with Crippen LogP contribution in [-0.2, 0) is 15.9 Å². The molecule has 1 fully saturated rings. The van der Waals surface area contributed by atoms with E-state index in [1.54, 1.807) is 45.8 Å². The molecule has 1 unspecified atom stereocenters. The number of aryl methyl sites for hydroxylation is 1. The third-order valence-electron chi connectivity index (χ3n) is 7.52. The van der Waals surface area contributed by atoms with Gasteiger partial charge in [-0.15, -0.1) is 0 Å². The highest BCUT2D eigenvalue weighted by Crippen LogP contribution is 2.50. The molecule has 43 heavy (non-hydrogen) atoms. The fraction of sp³-hybridized carbons (Fsp3) is 0.281. The lowest BCUT2D eigenvalue weighted by Gasteiger charge is -2.19. The van der Waals surface area contributed by atoms with Crippen LogP contribution in [0.5, 0.6) is 5.75 Å². The summed E-state index contributed by atoms with van der Waals surface area (Å²) >= 11 is 0. The van der Waals surface area contributed by atoms with Crippen LogP contribution in [0.2, 0.25) is 0 Å². The summed E-state index contributed by atoms with van der Waals surface area (Å²) in [5.74, 6) is 0.847. The first kappa shape index (κ1) is 30.3. The van der Waals surface area contributed by atoms with Crippen LogP contribution >= 0.6 is 9.24 Å². The molecule has 1 atom stereocenters. The van der Waals surface area contributed by atoms with Crippen LogP contribution in [0.25, 0.3) is 11.1 Å². The normalized spacial score (nSPS) is 13.8. The smallest absolute Gasteiger partial charge is 0.283 e. The molecule has 1 aliphatic carbocycles. The number of rotatable bonds is 12. The van der Waals surface area contributed by atoms with Gasteiger partial charge >= 0.3 is 0 Å². The van der Waals surface area contributed by atoms with E-state index in [0.29, 0.717) is 48.1 Å². The van der Waals surface area contributed by atoms with Gasteiger partial charge in [0.05, 0.1) is 11.1 Å². The van der Waals surface area contributed by atoms with E-state index in [1.165, 1.54) is 12.1 Å². The number of anilines is 4. The number of alkyl halides is 2. The molecule has 0 radical (unpaired) electrons. The van der Waals surface area contributed by atoms with Crippen molar-refractivity contribution in [1.82, 2.24) is 15.3 Å². The van der Waals surface area contributed by atoms with Gasteiger partial charge in [0, 0.05) is 29.6 Å². The highest BCUT2D eigenvalue weighted by molar-refractivity contribution is 7.17. The van der Waals surface area contributed by atoms with Crippen LogP contribution < -0.4 is 21.3 Å². The molecule has 1 heterocycles. The zero-order chi connectivity index (χ0) is 30.6. The summed E-state index contributed by atoms with van der Waals surface area (Å²) in [5, 5.41) is 22.8. The molecule has 5 rings (SSSR count). The van der Waals surface area contributed by atoms with Crippen molar-refractivity contribution in [3.63, 3.8) is 0 Å². The summed E-state index contributed by atoms with van der Waals surface area (Å²) in [5.41, 5.74) is 0.314. The number of nitrogens with zero attached hydrogens (tertiary/aromatic N) is 2. The molecule has 5 N–H and O–H groups in total. The van der Waals surface area contributed by atoms with Crippen molar-refractivity contribution in [3.8, 4) is 16.9 Å². The lowest BCUT2D eigenvalue weighted by molar-refractivity contribution is -0.118. The minimum Gasteiger partial charge on any atom is -0.506 e. The predicted octanol–water partition coefficient (Wildman–Crippen LogP) is 6.52. The van der Waals surface area contributed by atoms with E-state index in [0.717, 1.165) is 29.7 Å². The molecule has 1 saturated carbocycles. The molecule has 1 amide bonds. The van der Waals surface area contributed by atoms with E-state index >= 15 is 0 Å². The summed E-state index contributed by atoms with van der Waals surface area (Å²) in [6, 6.07) is 18.7. The minimum atomic E-state index is -3.06. The van der Waals surface area contributed by atoms with Crippen molar-refractivity contribution in [2.45, 2.75) is 37.3 Å². The third-order valence-corrected chi connectivity index (χ3v) is 7.86. The van der Waals surface area contributed by atoms with Crippen molar-refractivity contribution in [3.05, 3.63) is 89.6 Å². The van der Waals surface area contributed by atoms with Gasteiger partial charge in [-0.05, 0) is 86.8 Å². The predicted molar refractivity (Wildman–Crippen MR) is 170 cm³/mol. The molecule has 8 nitrogen and oxygen atoms in total. The van der Waals surface area contributed by atoms with Gasteiger partial charge in [0.2, 0.25) is 11.9 Å². The number of hydrogen-bond donors (Lipinski definition) is 5. The van der Waals surface area contributed by atoms with Crippen LogP contribution in [0.15, 0.2) is 72.9 Å². The monoisotopic (exact) mass is 604 g/mol. The van der Waals surface area contributed by atoms with E-state index in [9.17, 15) is 18.7 Å². The maximum Gasteiger partial charge on any atom is 0.283 e. The fourth-order valence-corrected chi connectivity index (χ4v) is 5.09. The average molecular weight is 605 g/mol. The molecule has 0 spiro atoms. The quantitative estimate of drug-likeness (QED) is 0.0712. The number of nitrogens with one attached hydrogen (secondary N) is 4. The van der Waals surface area contributed by atoms with E-state index < -0.39 is 11.1 Å². The van der Waals surface area contributed by atoms with Gasteiger partial charge in [0.25, 0.3) is 5.66 Å². The Balaban J connectivity index is 1.34. The molecular formula is C32H35F2N6O2P. The Labute approximate surface area is 252 Å². The van der Waals surface area contributed by atoms with E-state index in [-0.39, 0.29) is 17.2 Å². The second-order valence-electron chi connectivity index (χ2n) is 10.8. The van der Waals surface area contributed by atoms with Gasteiger partial charge in [-0.1, -0.05) is 45.6 Å². The van der Waals surface area contributed by atoms with Crippen LogP contribution in [0.4, 0.5) is 31.9 Å². The second kappa shape index (κ2) is 12.6. The van der Waals surface area contributed by atoms with Crippen LogP contribution in [-0.4, -0.2) is 41.1 Å². The molecule has 1 aromatic heterocycles. The zero-order valence-electron chi connectivity index (χ0n) is 24.0. The Morgan fingerprint density at radius 2 is 1.84 bits per heavy atom. The molecule has 0 bridgehead atoms. The van der Waals surface area contributed by atoms with Crippen molar-refractivity contribution >= 4 is 38.3 Å². The molecule has 11 heteroatoms. The number of halogens is 2. The van der Waals surface area contributed by atoms with Crippen molar-refractivity contribution in [2.75, 3.05) is 36.1 Å². The highest BCUT2D eigenvalue weighted by Gasteiger charge is 2.51. The molecule has 1 aliphatic rings. The molecular weight excluding hydrogens is 569 g/mol. The number of phenols is 1. The first-order valence-electron chi connectivity index (χ1n) is 14.1. The summed E-state index contributed by atoms with van der Waals surface area (Å²) < 4.78 is 27.8. The number of carbonyl (C=O) groups excluding carboxylic acids is 1. The molecule has 0 aliphatic heterocycles. The Morgan fingerprint density at radius 3 is 2.53 bits per heavy atom. The number of aromatic hydroxyl groups is 1. The van der Waals surface area contributed by atoms with Crippen LogP contribution in [0.1, 0.15) is 36.0 Å². The maximum absolute atomic E-state index is 13.9. The maximum atomic E-state index is 13.9. The van der Waals surface area contributed by atoms with E-state index in [2.05, 4.69) is 26.3 Å². The first-order chi connectivity index (χ1) is 20.6. The lowest BCUT2D eigenvalue weighted by atomic mass is 9.93. The Morgan fingerprint density at radius 1 is 1.07 bits per heavy atom. The van der Waals surface area contributed by atoms with Crippen LogP contribution in [0, 0.1) is 6.92 Å². The zero-order valence-corrected chi connectivity index (χ0v) is 25.2. The summed E-state index contributed by atoms with van der Waals surface area (Å²) in [6.07, 6.45) is 3.79. The van der Waals surface area contributed by atoms with Crippen molar-refractivity contribution in [2.24, 2.45) is 0 Å². The van der Waals surface area contributed by atoms with E-state index in [4.69, 9.17) is 4.98 Å². The van der Waals surface area contributed by atoms with Gasteiger partial charge in [-0.2, -0.15) is 13.8 Å². The van der Waals surface area contributed by atoms with Gasteiger partial charge in [0.15, 0.2) is 0 Å². The Kier molecular flexibility index (Phi) is 8.89. The van der Waals surface area contributed by atoms with Crippen LogP contribution in [0.3, 0.4) is 0 Å². The first-order valence-corrected chi connectivity index (χ1v) is 14.7. The average Bonchev–Trinajstić information content (AvgIpc) is 3.80. The van der Waals surface area contributed by atoms with Gasteiger partial charge in [-0.25, -0.2) is 4.98 Å². The van der Waals surface area contributed by atoms with Crippen molar-refractivity contribution in [1.29, 1.82) is 0 Å². The number of hydrogen-bond acceptors (Lipinski definition) is 7. The molecule has 4 aromatic rings. The molecule has 0 saturated heterocycles. The number of amides is 1. The lowest BCUT2D eigenvalue weighted by Crippen LogP contribution is -2.28. The topological polar surface area (TPSA) is 111 Å². The highest BCUT2D eigenvalue weighted by atomic mass is 31.0. The van der Waals surface area contributed by atoms with Crippen molar-refractivity contribution < 1.29 is 18.7 Å². The second-order valence-corrected chi connectivity index (χ2v) is 11.5. The molecule has 224 valence electrons. The van der Waals surface area contributed by atoms with Gasteiger partial charge in [0.1, 0.15) is 11.6 Å². The Bertz CT molecular complexity index is 1610. The fourth-order valence-electron chi connectivity index (χ4n) is 4.91. The van der Waals surface area contributed by atoms with Gasteiger partial charge in [-0.3, -0.25) is 4.79 Å². The van der Waals surface area contributed by atoms with E-state index in [1.807, 2.05) is 38.2 Å². The summed E-state index contributed by atoms with van der Waals surface area (Å²) in [4.78, 5) is 22.5. The number of phenolic OH excluding ortho intramolecular Hbond substituents is 1. The third kappa shape index (κ3) is 7.09. The minimum absolute atomic E-state index is 0.0995. The standard InChI is InChI=1S/C32H35F2N6O2P/c1-20-7-12-27(41)26(17-20)39-30-37-19-25(28(40-30)36-16-4-15-35-2)21-8-10-24(11-9-21)38-29(42)31(13-14-31)22-5-3-6-23(18-22)32(33,34)43/h3,5-12,17-19,35,41H,4,13-16,43H2,1-2H3,(H,38,42)(H2,36,37,39,40). The number of carbonyl (C=O) groups is 1. The molecule has 3 aromatic carbocycles. The Hall–Kier alpha value is -4.14. The SMILES string of the molecule is CNCCCNc1nc(Nc2cc(C)ccc2O)ncc1-c1ccc(NC(=O)C2(c3cccc(C(F)(F)P)c3)CC2)cc1. The number of benzene rings is 3. The number of aromatic nitrogens is 2. The largest absolute Gasteiger partial charge is 0.506 e. The summed E-state index contributed by atoms with van der Waals surface area (Å²) in [6.45, 7) is 3.46.